The highest BCUT2D eigenvalue weighted by Crippen LogP contribution is 2.24. The van der Waals surface area contributed by atoms with Crippen LogP contribution in [0, 0.1) is 13.8 Å². The minimum absolute atomic E-state index is 0.0686. The molecule has 112 valence electrons. The number of fused-ring (bicyclic) bond motifs is 1. The zero-order valence-corrected chi connectivity index (χ0v) is 13.2. The van der Waals surface area contributed by atoms with E-state index in [-0.39, 0.29) is 11.7 Å². The summed E-state index contributed by atoms with van der Waals surface area (Å²) < 4.78 is 5.58. The molecule has 0 saturated heterocycles. The number of nitrogens with one attached hydrogen (secondary N) is 1. The fraction of sp³-hybridized carbons (Fsp3) is 0.176. The number of anilines is 1. The lowest BCUT2D eigenvalue weighted by Gasteiger charge is -2.09. The molecule has 4 nitrogen and oxygen atoms in total. The molecule has 0 aliphatic heterocycles. The molecule has 1 heterocycles. The molecule has 0 unspecified atom stereocenters. The third-order valence-electron chi connectivity index (χ3n) is 3.48. The Balaban J connectivity index is 1.63. The van der Waals surface area contributed by atoms with E-state index in [2.05, 4.69) is 10.3 Å². The molecule has 2 aromatic carbocycles. The molecule has 0 aliphatic rings. The van der Waals surface area contributed by atoms with Crippen molar-refractivity contribution in [1.29, 1.82) is 0 Å². The lowest BCUT2D eigenvalue weighted by molar-refractivity contribution is -0.113. The van der Waals surface area contributed by atoms with E-state index < -0.39 is 0 Å². The van der Waals surface area contributed by atoms with Crippen LogP contribution in [0.3, 0.4) is 0 Å². The molecule has 5 heteroatoms. The Hall–Kier alpha value is -2.27. The van der Waals surface area contributed by atoms with Gasteiger partial charge in [0.25, 0.3) is 5.22 Å². The normalized spacial score (nSPS) is 10.8. The molecule has 1 aromatic heterocycles. The van der Waals surface area contributed by atoms with Gasteiger partial charge in [0.15, 0.2) is 5.58 Å². The number of para-hydroxylation sites is 2. The Kier molecular flexibility index (Phi) is 4.15. The number of aromatic nitrogens is 1. The van der Waals surface area contributed by atoms with Crippen molar-refractivity contribution in [3.05, 3.63) is 53.6 Å². The molecular weight excluding hydrogens is 296 g/mol. The molecule has 1 N–H and O–H groups in total. The minimum Gasteiger partial charge on any atom is -0.431 e. The first-order valence-electron chi connectivity index (χ1n) is 6.98. The van der Waals surface area contributed by atoms with Crippen LogP contribution in [0.4, 0.5) is 5.69 Å². The second-order valence-corrected chi connectivity index (χ2v) is 5.96. The van der Waals surface area contributed by atoms with E-state index in [0.717, 1.165) is 27.9 Å². The van der Waals surface area contributed by atoms with Gasteiger partial charge in [0, 0.05) is 5.69 Å². The molecule has 0 spiro atoms. The van der Waals surface area contributed by atoms with Crippen molar-refractivity contribution < 1.29 is 9.21 Å². The molecule has 3 aromatic rings. The summed E-state index contributed by atoms with van der Waals surface area (Å²) in [6, 6.07) is 13.4. The van der Waals surface area contributed by atoms with Gasteiger partial charge in [-0.15, -0.1) is 0 Å². The fourth-order valence-corrected chi connectivity index (χ4v) is 2.75. The molecule has 0 radical (unpaired) electrons. The number of oxazole rings is 1. The van der Waals surface area contributed by atoms with E-state index in [4.69, 9.17) is 4.42 Å². The third kappa shape index (κ3) is 3.14. The van der Waals surface area contributed by atoms with E-state index in [1.807, 2.05) is 56.3 Å². The Morgan fingerprint density at radius 3 is 2.82 bits per heavy atom. The number of rotatable bonds is 4. The maximum Gasteiger partial charge on any atom is 0.257 e. The van der Waals surface area contributed by atoms with Crippen LogP contribution in [-0.2, 0) is 4.79 Å². The Bertz CT molecular complexity index is 793. The maximum absolute atomic E-state index is 12.1. The smallest absolute Gasteiger partial charge is 0.257 e. The SMILES string of the molecule is Cc1cccc(NC(=O)CSc2nc3ccccc3o2)c1C. The van der Waals surface area contributed by atoms with Crippen LogP contribution in [0.25, 0.3) is 11.1 Å². The van der Waals surface area contributed by atoms with Gasteiger partial charge in [-0.3, -0.25) is 4.79 Å². The molecule has 0 aliphatic carbocycles. The molecule has 3 rings (SSSR count). The van der Waals surface area contributed by atoms with Crippen LogP contribution >= 0.6 is 11.8 Å². The summed E-state index contributed by atoms with van der Waals surface area (Å²) in [4.78, 5) is 16.4. The van der Waals surface area contributed by atoms with E-state index >= 15 is 0 Å². The summed E-state index contributed by atoms with van der Waals surface area (Å²) in [5.74, 6) is 0.196. The molecule has 0 bridgehead atoms. The Labute approximate surface area is 132 Å². The largest absolute Gasteiger partial charge is 0.431 e. The average Bonchev–Trinajstić information content (AvgIpc) is 2.93. The van der Waals surface area contributed by atoms with Crippen LogP contribution < -0.4 is 5.32 Å². The number of thioether (sulfide) groups is 1. The van der Waals surface area contributed by atoms with Crippen molar-refractivity contribution >= 4 is 34.5 Å². The second-order valence-electron chi connectivity index (χ2n) is 5.03. The van der Waals surface area contributed by atoms with E-state index in [1.54, 1.807) is 0 Å². The maximum atomic E-state index is 12.1. The van der Waals surface area contributed by atoms with Crippen molar-refractivity contribution in [2.75, 3.05) is 11.1 Å². The van der Waals surface area contributed by atoms with Crippen LogP contribution in [0.15, 0.2) is 52.1 Å². The number of carbonyl (C=O) groups excluding carboxylic acids is 1. The van der Waals surface area contributed by atoms with Crippen molar-refractivity contribution in [3.63, 3.8) is 0 Å². The van der Waals surface area contributed by atoms with Crippen molar-refractivity contribution in [2.24, 2.45) is 0 Å². The highest BCUT2D eigenvalue weighted by atomic mass is 32.2. The molecular formula is C17H16N2O2S. The predicted octanol–water partition coefficient (Wildman–Crippen LogP) is 4.18. The van der Waals surface area contributed by atoms with Gasteiger partial charge in [-0.05, 0) is 43.2 Å². The number of amides is 1. The number of hydrogen-bond acceptors (Lipinski definition) is 4. The van der Waals surface area contributed by atoms with Crippen LogP contribution in [0.1, 0.15) is 11.1 Å². The average molecular weight is 312 g/mol. The third-order valence-corrected chi connectivity index (χ3v) is 4.31. The number of nitrogens with zero attached hydrogens (tertiary/aromatic N) is 1. The Morgan fingerprint density at radius 2 is 2.00 bits per heavy atom. The zero-order valence-electron chi connectivity index (χ0n) is 12.4. The number of aryl methyl sites for hydroxylation is 1. The number of carbonyl (C=O) groups is 1. The van der Waals surface area contributed by atoms with E-state index in [1.165, 1.54) is 11.8 Å². The van der Waals surface area contributed by atoms with Crippen molar-refractivity contribution in [1.82, 2.24) is 4.98 Å². The Morgan fingerprint density at radius 1 is 1.18 bits per heavy atom. The first-order valence-corrected chi connectivity index (χ1v) is 7.96. The first kappa shape index (κ1) is 14.7. The fourth-order valence-electron chi connectivity index (χ4n) is 2.11. The lowest BCUT2D eigenvalue weighted by atomic mass is 10.1. The topological polar surface area (TPSA) is 55.1 Å². The summed E-state index contributed by atoms with van der Waals surface area (Å²) in [6.07, 6.45) is 0. The lowest BCUT2D eigenvalue weighted by Crippen LogP contribution is -2.15. The number of benzene rings is 2. The minimum atomic E-state index is -0.0686. The van der Waals surface area contributed by atoms with Gasteiger partial charge >= 0.3 is 0 Å². The van der Waals surface area contributed by atoms with Crippen molar-refractivity contribution in [2.45, 2.75) is 19.1 Å². The van der Waals surface area contributed by atoms with Gasteiger partial charge in [-0.2, -0.15) is 0 Å². The van der Waals surface area contributed by atoms with Gasteiger partial charge in [-0.25, -0.2) is 4.98 Å². The molecule has 0 atom stereocenters. The standard InChI is InChI=1S/C17H16N2O2S/c1-11-6-5-8-13(12(11)2)18-16(20)10-22-17-19-14-7-3-4-9-15(14)21-17/h3-9H,10H2,1-2H3,(H,18,20). The predicted molar refractivity (Wildman–Crippen MR) is 89.3 cm³/mol. The quantitative estimate of drug-likeness (QED) is 0.734. The van der Waals surface area contributed by atoms with Gasteiger partial charge in [0.2, 0.25) is 5.91 Å². The van der Waals surface area contributed by atoms with Gasteiger partial charge in [0.05, 0.1) is 5.75 Å². The van der Waals surface area contributed by atoms with Crippen LogP contribution in [0.5, 0.6) is 0 Å². The summed E-state index contributed by atoms with van der Waals surface area (Å²) in [5.41, 5.74) is 4.63. The molecule has 1 amide bonds. The van der Waals surface area contributed by atoms with Gasteiger partial charge < -0.3 is 9.73 Å². The molecule has 0 saturated carbocycles. The first-order chi connectivity index (χ1) is 10.6. The van der Waals surface area contributed by atoms with Crippen LogP contribution in [-0.4, -0.2) is 16.6 Å². The molecule has 22 heavy (non-hydrogen) atoms. The number of hydrogen-bond donors (Lipinski definition) is 1. The second kappa shape index (κ2) is 6.23. The highest BCUT2D eigenvalue weighted by molar-refractivity contribution is 7.99. The van der Waals surface area contributed by atoms with Gasteiger partial charge in [-0.1, -0.05) is 36.0 Å². The zero-order chi connectivity index (χ0) is 15.5. The van der Waals surface area contributed by atoms with Crippen LogP contribution in [0.2, 0.25) is 0 Å². The summed E-state index contributed by atoms with van der Waals surface area (Å²) in [6.45, 7) is 4.02. The summed E-state index contributed by atoms with van der Waals surface area (Å²) >= 11 is 1.29. The monoisotopic (exact) mass is 312 g/mol. The highest BCUT2D eigenvalue weighted by Gasteiger charge is 2.10. The molecule has 0 fully saturated rings. The summed E-state index contributed by atoms with van der Waals surface area (Å²) in [5, 5.41) is 3.44. The van der Waals surface area contributed by atoms with E-state index in [9.17, 15) is 4.79 Å². The van der Waals surface area contributed by atoms with E-state index in [0.29, 0.717) is 5.22 Å². The van der Waals surface area contributed by atoms with Crippen molar-refractivity contribution in [3.8, 4) is 0 Å². The summed E-state index contributed by atoms with van der Waals surface area (Å²) in [7, 11) is 0. The van der Waals surface area contributed by atoms with Gasteiger partial charge in [0.1, 0.15) is 5.52 Å².